The van der Waals surface area contributed by atoms with Crippen LogP contribution in [0.2, 0.25) is 0 Å². The van der Waals surface area contributed by atoms with Gasteiger partial charge in [-0.3, -0.25) is 9.36 Å². The molecule has 0 bridgehead atoms. The summed E-state index contributed by atoms with van der Waals surface area (Å²) in [6.07, 6.45) is -0.165. The van der Waals surface area contributed by atoms with Crippen molar-refractivity contribution in [3.63, 3.8) is 0 Å². The quantitative estimate of drug-likeness (QED) is 0.626. The average Bonchev–Trinajstić information content (AvgIpc) is 2.23. The van der Waals surface area contributed by atoms with E-state index in [2.05, 4.69) is 0 Å². The molecule has 20 heavy (non-hydrogen) atoms. The lowest BCUT2D eigenvalue weighted by Crippen LogP contribution is -2.31. The van der Waals surface area contributed by atoms with Gasteiger partial charge in [-0.1, -0.05) is 13.3 Å². The zero-order valence-electron chi connectivity index (χ0n) is 13.5. The van der Waals surface area contributed by atoms with E-state index in [-0.39, 0.29) is 24.2 Å². The second kappa shape index (κ2) is 8.93. The number of ketones is 1. The minimum Gasteiger partial charge on any atom is -0.392 e. The van der Waals surface area contributed by atoms with E-state index >= 15 is 0 Å². The van der Waals surface area contributed by atoms with Crippen LogP contribution in [0.15, 0.2) is 0 Å². The Hall–Kier alpha value is -0.220. The molecule has 0 aromatic carbocycles. The Kier molecular flexibility index (Phi) is 8.83. The van der Waals surface area contributed by atoms with Crippen molar-refractivity contribution in [1.29, 1.82) is 0 Å². The SMILES string of the molecule is CCC[C@H](O)[C@H](CP(=O)(OC(C)C)OC(C)C)C(C)=O. The lowest BCUT2D eigenvalue weighted by Gasteiger charge is -2.27. The van der Waals surface area contributed by atoms with Crippen LogP contribution in [0.25, 0.3) is 0 Å². The smallest absolute Gasteiger partial charge is 0.331 e. The van der Waals surface area contributed by atoms with Crippen molar-refractivity contribution < 1.29 is 23.5 Å². The van der Waals surface area contributed by atoms with E-state index in [1.807, 2.05) is 6.92 Å². The first-order valence-corrected chi connectivity index (χ1v) is 8.98. The van der Waals surface area contributed by atoms with Crippen molar-refractivity contribution in [2.45, 2.75) is 72.7 Å². The molecule has 0 aromatic heterocycles. The Balaban J connectivity index is 5.07. The van der Waals surface area contributed by atoms with E-state index < -0.39 is 19.6 Å². The van der Waals surface area contributed by atoms with E-state index in [9.17, 15) is 14.5 Å². The van der Waals surface area contributed by atoms with E-state index in [1.165, 1.54) is 6.92 Å². The Morgan fingerprint density at radius 2 is 1.60 bits per heavy atom. The molecule has 0 amide bonds. The van der Waals surface area contributed by atoms with Crippen molar-refractivity contribution in [2.24, 2.45) is 5.92 Å². The molecule has 0 aliphatic carbocycles. The Morgan fingerprint density at radius 1 is 1.15 bits per heavy atom. The molecular formula is C14H29O5P. The lowest BCUT2D eigenvalue weighted by atomic mass is 9.97. The van der Waals surface area contributed by atoms with E-state index in [0.717, 1.165) is 6.42 Å². The summed E-state index contributed by atoms with van der Waals surface area (Å²) >= 11 is 0. The van der Waals surface area contributed by atoms with Gasteiger partial charge < -0.3 is 14.2 Å². The molecule has 0 saturated carbocycles. The minimum atomic E-state index is -3.40. The van der Waals surface area contributed by atoms with Crippen molar-refractivity contribution in [1.82, 2.24) is 0 Å². The molecule has 0 aliphatic heterocycles. The van der Waals surface area contributed by atoms with Gasteiger partial charge in [0.2, 0.25) is 0 Å². The summed E-state index contributed by atoms with van der Waals surface area (Å²) in [4.78, 5) is 11.7. The second-order valence-corrected chi connectivity index (χ2v) is 7.68. The number of rotatable bonds is 10. The van der Waals surface area contributed by atoms with Crippen LogP contribution in [0, 0.1) is 5.92 Å². The molecule has 0 aromatic rings. The fraction of sp³-hybridized carbons (Fsp3) is 0.929. The summed E-state index contributed by atoms with van der Waals surface area (Å²) in [6.45, 7) is 10.4. The fourth-order valence-electron chi connectivity index (χ4n) is 2.01. The van der Waals surface area contributed by atoms with Gasteiger partial charge in [-0.05, 0) is 41.0 Å². The third-order valence-corrected chi connectivity index (χ3v) is 5.06. The predicted octanol–water partition coefficient (Wildman–Crippen LogP) is 3.40. The molecule has 0 unspecified atom stereocenters. The molecule has 0 aliphatic rings. The average molecular weight is 308 g/mol. The van der Waals surface area contributed by atoms with E-state index in [4.69, 9.17) is 9.05 Å². The highest BCUT2D eigenvalue weighted by Crippen LogP contribution is 2.52. The van der Waals surface area contributed by atoms with Gasteiger partial charge in [0.25, 0.3) is 0 Å². The van der Waals surface area contributed by atoms with Crippen LogP contribution in [0.4, 0.5) is 0 Å². The number of hydrogen-bond donors (Lipinski definition) is 1. The Morgan fingerprint density at radius 3 is 1.90 bits per heavy atom. The first-order chi connectivity index (χ1) is 9.11. The van der Waals surface area contributed by atoms with Gasteiger partial charge in [-0.15, -0.1) is 0 Å². The van der Waals surface area contributed by atoms with Crippen LogP contribution < -0.4 is 0 Å². The summed E-state index contributed by atoms with van der Waals surface area (Å²) in [5, 5.41) is 10.1. The molecule has 0 spiro atoms. The topological polar surface area (TPSA) is 72.8 Å². The summed E-state index contributed by atoms with van der Waals surface area (Å²) in [5.74, 6) is -0.899. The van der Waals surface area contributed by atoms with Crippen LogP contribution in [-0.2, 0) is 18.4 Å². The maximum atomic E-state index is 12.7. The monoisotopic (exact) mass is 308 g/mol. The van der Waals surface area contributed by atoms with Crippen molar-refractivity contribution in [2.75, 3.05) is 6.16 Å². The third kappa shape index (κ3) is 7.53. The van der Waals surface area contributed by atoms with Gasteiger partial charge in [0.1, 0.15) is 5.78 Å². The normalized spacial score (nSPS) is 15.7. The molecule has 2 atom stereocenters. The fourth-order valence-corrected chi connectivity index (χ4v) is 4.50. The van der Waals surface area contributed by atoms with Gasteiger partial charge in [0.15, 0.2) is 0 Å². The summed E-state index contributed by atoms with van der Waals surface area (Å²) in [5.41, 5.74) is 0. The van der Waals surface area contributed by atoms with Crippen molar-refractivity contribution >= 4 is 13.4 Å². The molecule has 0 rings (SSSR count). The molecular weight excluding hydrogens is 279 g/mol. The van der Waals surface area contributed by atoms with Crippen molar-refractivity contribution in [3.05, 3.63) is 0 Å². The summed E-state index contributed by atoms with van der Waals surface area (Å²) in [7, 11) is -3.40. The molecule has 0 radical (unpaired) electrons. The molecule has 5 nitrogen and oxygen atoms in total. The molecule has 6 heteroatoms. The minimum absolute atomic E-state index is 0.0696. The van der Waals surface area contributed by atoms with Gasteiger partial charge in [-0.2, -0.15) is 0 Å². The van der Waals surface area contributed by atoms with Gasteiger partial charge in [-0.25, -0.2) is 0 Å². The van der Waals surface area contributed by atoms with Crippen LogP contribution >= 0.6 is 7.60 Å². The Bertz CT molecular complexity index is 326. The van der Waals surface area contributed by atoms with Gasteiger partial charge in [0, 0.05) is 0 Å². The maximum Gasteiger partial charge on any atom is 0.331 e. The summed E-state index contributed by atoms with van der Waals surface area (Å²) < 4.78 is 23.6. The van der Waals surface area contributed by atoms with Crippen LogP contribution in [0.1, 0.15) is 54.4 Å². The first-order valence-electron chi connectivity index (χ1n) is 7.25. The molecule has 120 valence electrons. The zero-order valence-corrected chi connectivity index (χ0v) is 14.4. The predicted molar refractivity (Wildman–Crippen MR) is 80.0 cm³/mol. The standard InChI is InChI=1S/C14H29O5P/c1-7-8-14(16)13(12(6)15)9-20(17,18-10(2)3)19-11(4)5/h10-11,13-14,16H,7-9H2,1-6H3/t13-,14+/m1/s1. The number of aliphatic hydroxyl groups excluding tert-OH is 1. The third-order valence-electron chi connectivity index (χ3n) is 2.73. The van der Waals surface area contributed by atoms with Crippen LogP contribution in [0.3, 0.4) is 0 Å². The number of carbonyl (C=O) groups is 1. The number of aliphatic hydroxyl groups is 1. The number of hydrogen-bond acceptors (Lipinski definition) is 5. The highest BCUT2D eigenvalue weighted by molar-refractivity contribution is 7.53. The zero-order chi connectivity index (χ0) is 15.9. The molecule has 0 saturated heterocycles. The largest absolute Gasteiger partial charge is 0.392 e. The van der Waals surface area contributed by atoms with Crippen molar-refractivity contribution in [3.8, 4) is 0 Å². The maximum absolute atomic E-state index is 12.7. The van der Waals surface area contributed by atoms with E-state index in [1.54, 1.807) is 27.7 Å². The van der Waals surface area contributed by atoms with Gasteiger partial charge >= 0.3 is 7.60 Å². The van der Waals surface area contributed by atoms with Crippen LogP contribution in [0.5, 0.6) is 0 Å². The Labute approximate surface area is 122 Å². The van der Waals surface area contributed by atoms with E-state index in [0.29, 0.717) is 6.42 Å². The summed E-state index contributed by atoms with van der Waals surface area (Å²) in [6, 6.07) is 0. The highest BCUT2D eigenvalue weighted by atomic mass is 31.2. The second-order valence-electron chi connectivity index (χ2n) is 5.67. The first kappa shape index (κ1) is 19.8. The molecule has 0 heterocycles. The number of Topliss-reactive ketones (excluding diaryl/α,β-unsaturated/α-hetero) is 1. The molecule has 1 N–H and O–H groups in total. The molecule has 0 fully saturated rings. The highest BCUT2D eigenvalue weighted by Gasteiger charge is 2.36. The lowest BCUT2D eigenvalue weighted by molar-refractivity contribution is -0.123. The van der Waals surface area contributed by atoms with Crippen LogP contribution in [-0.4, -0.2) is 35.4 Å². The van der Waals surface area contributed by atoms with Gasteiger partial charge in [0.05, 0.1) is 30.4 Å². The number of carbonyl (C=O) groups excluding carboxylic acids is 1.